The van der Waals surface area contributed by atoms with Crippen LogP contribution in [-0.2, 0) is 20.7 Å². The predicted octanol–water partition coefficient (Wildman–Crippen LogP) is 4.20. The molecular weight excluding hydrogens is 388 g/mol. The van der Waals surface area contributed by atoms with Crippen molar-refractivity contribution >= 4 is 11.9 Å². The van der Waals surface area contributed by atoms with Crippen molar-refractivity contribution in [3.8, 4) is 0 Å². The molecule has 1 unspecified atom stereocenters. The number of carbonyl (C=O) groups excluding carboxylic acids is 2. The van der Waals surface area contributed by atoms with E-state index in [1.54, 1.807) is 0 Å². The van der Waals surface area contributed by atoms with E-state index in [1.165, 1.54) is 18.1 Å². The van der Waals surface area contributed by atoms with Gasteiger partial charge in [0.1, 0.15) is 0 Å². The topological polar surface area (TPSA) is 58.6 Å². The highest BCUT2D eigenvalue weighted by Crippen LogP contribution is 2.36. The summed E-state index contributed by atoms with van der Waals surface area (Å²) in [5.74, 6) is -0.708. The number of aryl methyl sites for hydroxylation is 1. The smallest absolute Gasteiger partial charge is 0.303 e. The van der Waals surface area contributed by atoms with E-state index in [2.05, 4.69) is 55.5 Å². The molecule has 0 heterocycles. The Morgan fingerprint density at radius 3 is 2.35 bits per heavy atom. The van der Waals surface area contributed by atoms with Crippen molar-refractivity contribution in [2.24, 2.45) is 0 Å². The van der Waals surface area contributed by atoms with Gasteiger partial charge in [0.05, 0.1) is 0 Å². The molecule has 31 heavy (non-hydrogen) atoms. The quantitative estimate of drug-likeness (QED) is 0.680. The summed E-state index contributed by atoms with van der Waals surface area (Å²) in [6.45, 7) is 3.46. The van der Waals surface area contributed by atoms with Crippen LogP contribution in [0.15, 0.2) is 54.6 Å². The monoisotopic (exact) mass is 422 g/mol. The normalized spacial score (nSPS) is 22.0. The molecule has 0 aliphatic heterocycles. The van der Waals surface area contributed by atoms with E-state index < -0.39 is 12.1 Å². The Morgan fingerprint density at radius 2 is 1.77 bits per heavy atom. The van der Waals surface area contributed by atoms with Crippen molar-refractivity contribution in [1.29, 1.82) is 0 Å². The molecule has 0 saturated heterocycles. The summed E-state index contributed by atoms with van der Waals surface area (Å²) in [6, 6.07) is 18.0. The largest absolute Gasteiger partial charge is 0.447 e. The number of nitrogens with zero attached hydrogens (tertiary/aromatic N) is 1. The average Bonchev–Trinajstić information content (AvgIpc) is 2.74. The molecule has 5 nitrogen and oxygen atoms in total. The number of nitrogens with one attached hydrogen (secondary N) is 1. The van der Waals surface area contributed by atoms with Gasteiger partial charge >= 0.3 is 5.97 Å². The summed E-state index contributed by atoms with van der Waals surface area (Å²) in [5.41, 5.74) is 3.41. The third-order valence-electron chi connectivity index (χ3n) is 6.45. The minimum Gasteiger partial charge on any atom is -0.447 e. The maximum Gasteiger partial charge on any atom is 0.303 e. The Balaban J connectivity index is 1.65. The van der Waals surface area contributed by atoms with Gasteiger partial charge in [0.25, 0.3) is 5.91 Å². The number of hydrogen-bond donors (Lipinski definition) is 1. The Kier molecular flexibility index (Phi) is 7.50. The van der Waals surface area contributed by atoms with E-state index in [0.717, 1.165) is 32.1 Å². The third-order valence-corrected chi connectivity index (χ3v) is 6.45. The summed E-state index contributed by atoms with van der Waals surface area (Å²) in [4.78, 5) is 26.9. The van der Waals surface area contributed by atoms with E-state index in [4.69, 9.17) is 4.74 Å². The molecule has 1 aliphatic rings. The molecule has 3 rings (SSSR count). The van der Waals surface area contributed by atoms with Gasteiger partial charge in [-0.3, -0.25) is 9.59 Å². The third kappa shape index (κ3) is 5.95. The zero-order valence-corrected chi connectivity index (χ0v) is 19.1. The van der Waals surface area contributed by atoms with E-state index in [9.17, 15) is 9.59 Å². The zero-order chi connectivity index (χ0) is 22.4. The summed E-state index contributed by atoms with van der Waals surface area (Å²) < 4.78 is 5.35. The Hall–Kier alpha value is -2.66. The molecule has 1 fully saturated rings. The van der Waals surface area contributed by atoms with Gasteiger partial charge in [-0.15, -0.1) is 0 Å². The lowest BCUT2D eigenvalue weighted by Crippen LogP contribution is -2.52. The molecule has 0 bridgehead atoms. The van der Waals surface area contributed by atoms with Gasteiger partial charge in [0.15, 0.2) is 0 Å². The molecule has 0 spiro atoms. The summed E-state index contributed by atoms with van der Waals surface area (Å²) in [7, 11) is 4.31. The van der Waals surface area contributed by atoms with Crippen LogP contribution in [0.25, 0.3) is 0 Å². The number of carbonyl (C=O) groups is 2. The van der Waals surface area contributed by atoms with E-state index in [-0.39, 0.29) is 17.5 Å². The molecule has 2 aromatic carbocycles. The van der Waals surface area contributed by atoms with Gasteiger partial charge in [-0.25, -0.2) is 0 Å². The molecule has 1 atom stereocenters. The van der Waals surface area contributed by atoms with Gasteiger partial charge in [-0.05, 0) is 58.7 Å². The van der Waals surface area contributed by atoms with Crippen LogP contribution >= 0.6 is 0 Å². The highest BCUT2D eigenvalue weighted by Gasteiger charge is 2.38. The Labute approximate surface area is 185 Å². The van der Waals surface area contributed by atoms with E-state index in [1.807, 2.05) is 30.3 Å². The average molecular weight is 423 g/mol. The first kappa shape index (κ1) is 23.0. The lowest BCUT2D eigenvalue weighted by atomic mass is 9.74. The van der Waals surface area contributed by atoms with Crippen molar-refractivity contribution in [1.82, 2.24) is 10.2 Å². The molecule has 1 saturated carbocycles. The fraction of sp³-hybridized carbons (Fsp3) is 0.462. The van der Waals surface area contributed by atoms with Gasteiger partial charge < -0.3 is 15.0 Å². The summed E-state index contributed by atoms with van der Waals surface area (Å²) in [6.07, 6.45) is 3.90. The van der Waals surface area contributed by atoms with Crippen molar-refractivity contribution in [2.45, 2.75) is 63.6 Å². The highest BCUT2D eigenvalue weighted by molar-refractivity contribution is 5.84. The minimum atomic E-state index is -0.911. The van der Waals surface area contributed by atoms with Crippen molar-refractivity contribution in [2.75, 3.05) is 14.1 Å². The Morgan fingerprint density at radius 1 is 1.10 bits per heavy atom. The molecule has 5 heteroatoms. The van der Waals surface area contributed by atoms with Gasteiger partial charge in [0, 0.05) is 24.1 Å². The lowest BCUT2D eigenvalue weighted by Gasteiger charge is -2.45. The van der Waals surface area contributed by atoms with Crippen molar-refractivity contribution < 1.29 is 14.3 Å². The standard InChI is InChI=1S/C26H34N2O3/c1-19-9-8-10-21(17-19)18-26(28(3)4)15-13-23(14-16-26)27-25(30)24(31-20(2)29)22-11-6-5-7-12-22/h5-12,17,23-24H,13-16,18H2,1-4H3,(H,27,30). The van der Waals surface area contributed by atoms with Gasteiger partial charge in [-0.2, -0.15) is 0 Å². The number of esters is 1. The molecular formula is C26H34N2O3. The van der Waals surface area contributed by atoms with Gasteiger partial charge in [0.2, 0.25) is 6.10 Å². The van der Waals surface area contributed by atoms with Crippen LogP contribution in [0.2, 0.25) is 0 Å². The first-order chi connectivity index (χ1) is 14.8. The van der Waals surface area contributed by atoms with E-state index >= 15 is 0 Å². The molecule has 0 aromatic heterocycles. The summed E-state index contributed by atoms with van der Waals surface area (Å²) >= 11 is 0. The SMILES string of the molecule is CC(=O)OC(C(=O)NC1CCC(Cc2cccc(C)c2)(N(C)C)CC1)c1ccccc1. The second-order valence-corrected chi connectivity index (χ2v) is 8.97. The van der Waals surface area contributed by atoms with Crippen LogP contribution in [0.1, 0.15) is 55.4 Å². The zero-order valence-electron chi connectivity index (χ0n) is 19.1. The lowest BCUT2D eigenvalue weighted by molar-refractivity contribution is -0.154. The second kappa shape index (κ2) is 10.1. The number of benzene rings is 2. The highest BCUT2D eigenvalue weighted by atomic mass is 16.5. The second-order valence-electron chi connectivity index (χ2n) is 8.97. The number of hydrogen-bond acceptors (Lipinski definition) is 4. The maximum absolute atomic E-state index is 13.0. The fourth-order valence-electron chi connectivity index (χ4n) is 4.63. The number of rotatable bonds is 7. The van der Waals surface area contributed by atoms with E-state index in [0.29, 0.717) is 5.56 Å². The van der Waals surface area contributed by atoms with Crippen LogP contribution in [-0.4, -0.2) is 42.5 Å². The number of likely N-dealkylation sites (N-methyl/N-ethyl adjacent to an activating group) is 1. The Bertz CT molecular complexity index is 887. The maximum atomic E-state index is 13.0. The molecule has 1 amide bonds. The van der Waals surface area contributed by atoms with Gasteiger partial charge in [-0.1, -0.05) is 60.2 Å². The van der Waals surface area contributed by atoms with Crippen LogP contribution in [0.5, 0.6) is 0 Å². The molecule has 1 N–H and O–H groups in total. The molecule has 2 aromatic rings. The van der Waals surface area contributed by atoms with Crippen LogP contribution < -0.4 is 5.32 Å². The molecule has 1 aliphatic carbocycles. The minimum absolute atomic E-state index is 0.0832. The first-order valence-electron chi connectivity index (χ1n) is 11.0. The van der Waals surface area contributed by atoms with Crippen molar-refractivity contribution in [3.05, 3.63) is 71.3 Å². The summed E-state index contributed by atoms with van der Waals surface area (Å²) in [5, 5.41) is 3.14. The fourth-order valence-corrected chi connectivity index (χ4v) is 4.63. The number of ether oxygens (including phenoxy) is 1. The van der Waals surface area contributed by atoms with Crippen LogP contribution in [0, 0.1) is 6.92 Å². The predicted molar refractivity (Wildman–Crippen MR) is 123 cm³/mol. The first-order valence-corrected chi connectivity index (χ1v) is 11.0. The van der Waals surface area contributed by atoms with Crippen molar-refractivity contribution in [3.63, 3.8) is 0 Å². The number of amides is 1. The van der Waals surface area contributed by atoms with Crippen LogP contribution in [0.3, 0.4) is 0 Å². The van der Waals surface area contributed by atoms with Crippen LogP contribution in [0.4, 0.5) is 0 Å². The molecule has 0 radical (unpaired) electrons. The molecule has 166 valence electrons.